The molecule has 0 amide bonds. The maximum Gasteiger partial charge on any atom is 0.0271 e. The molecule has 1 aliphatic carbocycles. The van der Waals surface area contributed by atoms with Crippen LogP contribution < -0.4 is 5.73 Å². The molecule has 1 aromatic heterocycles. The number of aromatic nitrogens is 1. The van der Waals surface area contributed by atoms with Crippen molar-refractivity contribution in [3.8, 4) is 0 Å². The molecule has 3 rings (SSSR count). The van der Waals surface area contributed by atoms with Gasteiger partial charge < -0.3 is 5.73 Å². The zero-order valence-corrected chi connectivity index (χ0v) is 15.0. The average Bonchev–Trinajstić information content (AvgIpc) is 2.56. The summed E-state index contributed by atoms with van der Waals surface area (Å²) in [5, 5.41) is 0. The lowest BCUT2D eigenvalue weighted by Crippen LogP contribution is -2.40. The number of halogens is 1. The molecule has 4 heteroatoms. The van der Waals surface area contributed by atoms with E-state index in [0.717, 1.165) is 30.4 Å². The lowest BCUT2D eigenvalue weighted by atomic mass is 9.90. The third-order valence-corrected chi connectivity index (χ3v) is 5.16. The normalized spacial score (nSPS) is 21.5. The number of benzene rings is 1. The summed E-state index contributed by atoms with van der Waals surface area (Å²) in [7, 11) is 0. The van der Waals surface area contributed by atoms with E-state index in [0.29, 0.717) is 12.1 Å². The van der Waals surface area contributed by atoms with Gasteiger partial charge in [-0.15, -0.1) is 0 Å². The maximum absolute atomic E-state index is 6.09. The first kappa shape index (κ1) is 16.6. The Bertz CT molecular complexity index is 609. The molecule has 1 aromatic carbocycles. The predicted molar refractivity (Wildman–Crippen MR) is 97.9 cm³/mol. The molecule has 1 saturated carbocycles. The van der Waals surface area contributed by atoms with E-state index in [4.69, 9.17) is 5.73 Å². The van der Waals surface area contributed by atoms with Crippen molar-refractivity contribution in [1.29, 1.82) is 0 Å². The van der Waals surface area contributed by atoms with Gasteiger partial charge in [0.15, 0.2) is 0 Å². The van der Waals surface area contributed by atoms with Crippen molar-refractivity contribution >= 4 is 15.9 Å². The Labute approximate surface area is 147 Å². The summed E-state index contributed by atoms with van der Waals surface area (Å²) in [6.45, 7) is 1.94. The summed E-state index contributed by atoms with van der Waals surface area (Å²) in [4.78, 5) is 6.73. The van der Waals surface area contributed by atoms with Gasteiger partial charge in [-0.2, -0.15) is 0 Å². The molecule has 0 atom stereocenters. The first-order chi connectivity index (χ1) is 11.2. The molecule has 2 aromatic rings. The van der Waals surface area contributed by atoms with Crippen molar-refractivity contribution in [1.82, 2.24) is 9.88 Å². The summed E-state index contributed by atoms with van der Waals surface area (Å²) in [6, 6.07) is 13.8. The largest absolute Gasteiger partial charge is 0.328 e. The molecule has 3 nitrogen and oxygen atoms in total. The maximum atomic E-state index is 6.09. The van der Waals surface area contributed by atoms with E-state index in [2.05, 4.69) is 62.2 Å². The molecular weight excluding hydrogens is 350 g/mol. The average molecular weight is 374 g/mol. The molecule has 1 heterocycles. The SMILES string of the molecule is NC1CCC(N(Cc2ccncc2)Cc2cccc(Br)c2)CC1. The lowest BCUT2D eigenvalue weighted by molar-refractivity contribution is 0.134. The highest BCUT2D eigenvalue weighted by molar-refractivity contribution is 9.10. The summed E-state index contributed by atoms with van der Waals surface area (Å²) in [5.74, 6) is 0. The molecule has 1 aliphatic rings. The molecule has 0 radical (unpaired) electrons. The van der Waals surface area contributed by atoms with Crippen molar-refractivity contribution in [2.24, 2.45) is 5.73 Å². The van der Waals surface area contributed by atoms with Gasteiger partial charge in [0.1, 0.15) is 0 Å². The first-order valence-electron chi connectivity index (χ1n) is 8.33. The van der Waals surface area contributed by atoms with Crippen molar-refractivity contribution in [3.05, 3.63) is 64.4 Å². The Balaban J connectivity index is 1.75. The predicted octanol–water partition coefficient (Wildman–Crippen LogP) is 4.12. The molecule has 23 heavy (non-hydrogen) atoms. The third kappa shape index (κ3) is 4.87. The van der Waals surface area contributed by atoms with E-state index in [1.165, 1.54) is 24.0 Å². The van der Waals surface area contributed by atoms with Crippen molar-refractivity contribution in [2.45, 2.75) is 50.9 Å². The quantitative estimate of drug-likeness (QED) is 0.856. The fourth-order valence-electron chi connectivity index (χ4n) is 3.37. The minimum Gasteiger partial charge on any atom is -0.328 e. The van der Waals surface area contributed by atoms with Crippen LogP contribution in [-0.2, 0) is 13.1 Å². The van der Waals surface area contributed by atoms with Crippen LogP contribution in [0.3, 0.4) is 0 Å². The van der Waals surface area contributed by atoms with Gasteiger partial charge in [-0.3, -0.25) is 9.88 Å². The summed E-state index contributed by atoms with van der Waals surface area (Å²) < 4.78 is 1.14. The van der Waals surface area contributed by atoms with Crippen LogP contribution in [0.4, 0.5) is 0 Å². The van der Waals surface area contributed by atoms with Crippen molar-refractivity contribution in [2.75, 3.05) is 0 Å². The van der Waals surface area contributed by atoms with Crippen molar-refractivity contribution < 1.29 is 0 Å². The molecule has 0 spiro atoms. The summed E-state index contributed by atoms with van der Waals surface area (Å²) in [6.07, 6.45) is 8.42. The van der Waals surface area contributed by atoms with Gasteiger partial charge >= 0.3 is 0 Å². The van der Waals surface area contributed by atoms with E-state index in [-0.39, 0.29) is 0 Å². The standard InChI is InChI=1S/C19H24BrN3/c20-17-3-1-2-16(12-17)14-23(13-15-8-10-22-11-9-15)19-6-4-18(21)5-7-19/h1-3,8-12,18-19H,4-7,13-14,21H2. The lowest BCUT2D eigenvalue weighted by Gasteiger charge is -2.36. The number of nitrogens with zero attached hydrogens (tertiary/aromatic N) is 2. The zero-order chi connectivity index (χ0) is 16.1. The molecule has 122 valence electrons. The number of pyridine rings is 1. The molecule has 0 bridgehead atoms. The number of hydrogen-bond acceptors (Lipinski definition) is 3. The van der Waals surface area contributed by atoms with Crippen LogP contribution >= 0.6 is 15.9 Å². The number of hydrogen-bond donors (Lipinski definition) is 1. The second-order valence-corrected chi connectivity index (χ2v) is 7.37. The van der Waals surface area contributed by atoms with Gasteiger partial charge in [0, 0.05) is 42.0 Å². The third-order valence-electron chi connectivity index (χ3n) is 4.67. The number of nitrogens with two attached hydrogens (primary N) is 1. The highest BCUT2D eigenvalue weighted by Crippen LogP contribution is 2.26. The van der Waals surface area contributed by atoms with Crippen LogP contribution in [0.1, 0.15) is 36.8 Å². The Morgan fingerprint density at radius 1 is 1.00 bits per heavy atom. The second kappa shape index (κ2) is 8.04. The molecule has 0 aliphatic heterocycles. The highest BCUT2D eigenvalue weighted by atomic mass is 79.9. The van der Waals surface area contributed by atoms with Gasteiger partial charge in [-0.05, 0) is 61.1 Å². The minimum atomic E-state index is 0.389. The van der Waals surface area contributed by atoms with Gasteiger partial charge in [0.2, 0.25) is 0 Å². The topological polar surface area (TPSA) is 42.1 Å². The Kier molecular flexibility index (Phi) is 5.81. The monoisotopic (exact) mass is 373 g/mol. The molecule has 0 saturated heterocycles. The molecule has 2 N–H and O–H groups in total. The van der Waals surface area contributed by atoms with Crippen LogP contribution in [-0.4, -0.2) is 22.0 Å². The van der Waals surface area contributed by atoms with Crippen LogP contribution in [0.2, 0.25) is 0 Å². The van der Waals surface area contributed by atoms with E-state index < -0.39 is 0 Å². The highest BCUT2D eigenvalue weighted by Gasteiger charge is 2.24. The molecule has 1 fully saturated rings. The molecule has 0 unspecified atom stereocenters. The van der Waals surface area contributed by atoms with E-state index in [1.54, 1.807) is 0 Å². The van der Waals surface area contributed by atoms with Crippen LogP contribution in [0.15, 0.2) is 53.3 Å². The van der Waals surface area contributed by atoms with E-state index in [9.17, 15) is 0 Å². The fraction of sp³-hybridized carbons (Fsp3) is 0.421. The van der Waals surface area contributed by atoms with Gasteiger partial charge in [0.25, 0.3) is 0 Å². The van der Waals surface area contributed by atoms with Crippen molar-refractivity contribution in [3.63, 3.8) is 0 Å². The van der Waals surface area contributed by atoms with E-state index in [1.807, 2.05) is 12.4 Å². The Hall–Kier alpha value is -1.23. The van der Waals surface area contributed by atoms with Gasteiger partial charge in [-0.1, -0.05) is 28.1 Å². The van der Waals surface area contributed by atoms with Gasteiger partial charge in [0.05, 0.1) is 0 Å². The zero-order valence-electron chi connectivity index (χ0n) is 13.4. The van der Waals surface area contributed by atoms with Crippen LogP contribution in [0, 0.1) is 0 Å². The number of rotatable bonds is 5. The Morgan fingerprint density at radius 3 is 2.39 bits per heavy atom. The summed E-state index contributed by atoms with van der Waals surface area (Å²) >= 11 is 3.58. The minimum absolute atomic E-state index is 0.389. The van der Waals surface area contributed by atoms with E-state index >= 15 is 0 Å². The fourth-order valence-corrected chi connectivity index (χ4v) is 3.82. The first-order valence-corrected chi connectivity index (χ1v) is 9.13. The molecular formula is C19H24BrN3. The summed E-state index contributed by atoms with van der Waals surface area (Å²) in [5.41, 5.74) is 8.76. The Morgan fingerprint density at radius 2 is 1.70 bits per heavy atom. The second-order valence-electron chi connectivity index (χ2n) is 6.46. The van der Waals surface area contributed by atoms with Crippen LogP contribution in [0.5, 0.6) is 0 Å². The van der Waals surface area contributed by atoms with Gasteiger partial charge in [-0.25, -0.2) is 0 Å². The van der Waals surface area contributed by atoms with Crippen LogP contribution in [0.25, 0.3) is 0 Å². The smallest absolute Gasteiger partial charge is 0.0271 e.